The number of benzene rings is 2. The smallest absolute Gasteiger partial charge is 0.344 e. The first-order valence-corrected chi connectivity index (χ1v) is 9.15. The normalized spacial score (nSPS) is 11.3. The van der Waals surface area contributed by atoms with Gasteiger partial charge in [0.2, 0.25) is 0 Å². The van der Waals surface area contributed by atoms with Crippen LogP contribution in [0.4, 0.5) is 0 Å². The number of aromatic hydroxyl groups is 1. The first-order valence-electron chi connectivity index (χ1n) is 9.15. The van der Waals surface area contributed by atoms with Gasteiger partial charge in [-0.2, -0.15) is 0 Å². The third-order valence-corrected chi connectivity index (χ3v) is 5.07. The summed E-state index contributed by atoms with van der Waals surface area (Å²) < 4.78 is 10.9. The van der Waals surface area contributed by atoms with Crippen molar-refractivity contribution in [2.75, 3.05) is 20.2 Å². The summed E-state index contributed by atoms with van der Waals surface area (Å²) in [5, 5.41) is 11.2. The number of aryl methyl sites for hydroxylation is 1. The molecule has 2 aromatic carbocycles. The number of phenolic OH excluding ortho intramolecular Hbond substituents is 1. The van der Waals surface area contributed by atoms with Crippen molar-refractivity contribution in [3.8, 4) is 22.6 Å². The SMILES string of the molecule is CCN(CC)Cc1c(O)ccc2c(C)c(-c3ccc(OC)cc3)c(=O)oc12. The number of rotatable bonds is 6. The van der Waals surface area contributed by atoms with Crippen molar-refractivity contribution >= 4 is 11.0 Å². The maximum Gasteiger partial charge on any atom is 0.344 e. The highest BCUT2D eigenvalue weighted by atomic mass is 16.5. The van der Waals surface area contributed by atoms with Crippen LogP contribution in [0, 0.1) is 6.92 Å². The Labute approximate surface area is 158 Å². The van der Waals surface area contributed by atoms with Crippen LogP contribution in [0.2, 0.25) is 0 Å². The molecule has 1 aromatic heterocycles. The summed E-state index contributed by atoms with van der Waals surface area (Å²) >= 11 is 0. The number of hydrogen-bond donors (Lipinski definition) is 1. The van der Waals surface area contributed by atoms with E-state index in [1.165, 1.54) is 0 Å². The van der Waals surface area contributed by atoms with Crippen LogP contribution in [0.1, 0.15) is 25.0 Å². The van der Waals surface area contributed by atoms with E-state index < -0.39 is 5.63 Å². The van der Waals surface area contributed by atoms with Crippen molar-refractivity contribution in [3.05, 3.63) is 57.9 Å². The Morgan fingerprint density at radius 1 is 1.07 bits per heavy atom. The van der Waals surface area contributed by atoms with Crippen molar-refractivity contribution in [2.24, 2.45) is 0 Å². The number of ether oxygens (including phenoxy) is 1. The van der Waals surface area contributed by atoms with E-state index in [4.69, 9.17) is 9.15 Å². The lowest BCUT2D eigenvalue weighted by molar-refractivity contribution is 0.290. The molecule has 27 heavy (non-hydrogen) atoms. The number of phenols is 1. The zero-order chi connectivity index (χ0) is 19.6. The number of nitrogens with zero attached hydrogens (tertiary/aromatic N) is 1. The van der Waals surface area contributed by atoms with E-state index in [1.807, 2.05) is 37.3 Å². The minimum Gasteiger partial charge on any atom is -0.507 e. The number of fused-ring (bicyclic) bond motifs is 1. The van der Waals surface area contributed by atoms with E-state index in [1.54, 1.807) is 13.2 Å². The molecule has 0 unspecified atom stereocenters. The van der Waals surface area contributed by atoms with Gasteiger partial charge in [0.05, 0.1) is 18.2 Å². The average molecular weight is 367 g/mol. The Kier molecular flexibility index (Phi) is 5.51. The van der Waals surface area contributed by atoms with Gasteiger partial charge >= 0.3 is 5.63 Å². The van der Waals surface area contributed by atoms with Crippen molar-refractivity contribution in [1.29, 1.82) is 0 Å². The molecule has 1 N–H and O–H groups in total. The molecular weight excluding hydrogens is 342 g/mol. The van der Waals surface area contributed by atoms with Gasteiger partial charge in [0.15, 0.2) is 0 Å². The van der Waals surface area contributed by atoms with Crippen LogP contribution >= 0.6 is 0 Å². The molecule has 0 spiro atoms. The Hall–Kier alpha value is -2.79. The van der Waals surface area contributed by atoms with Gasteiger partial charge in [-0.05, 0) is 55.4 Å². The van der Waals surface area contributed by atoms with E-state index in [-0.39, 0.29) is 5.75 Å². The molecule has 0 fully saturated rings. The van der Waals surface area contributed by atoms with Crippen molar-refractivity contribution in [2.45, 2.75) is 27.3 Å². The molecule has 0 bridgehead atoms. The van der Waals surface area contributed by atoms with E-state index in [0.29, 0.717) is 23.3 Å². The highest BCUT2D eigenvalue weighted by molar-refractivity contribution is 5.89. The van der Waals surface area contributed by atoms with E-state index in [0.717, 1.165) is 35.4 Å². The largest absolute Gasteiger partial charge is 0.507 e. The second-order valence-corrected chi connectivity index (χ2v) is 6.52. The van der Waals surface area contributed by atoms with E-state index >= 15 is 0 Å². The highest BCUT2D eigenvalue weighted by Gasteiger charge is 2.18. The van der Waals surface area contributed by atoms with Crippen LogP contribution in [0.15, 0.2) is 45.6 Å². The van der Waals surface area contributed by atoms with Crippen LogP contribution in [-0.2, 0) is 6.54 Å². The fourth-order valence-electron chi connectivity index (χ4n) is 3.38. The summed E-state index contributed by atoms with van der Waals surface area (Å²) in [6, 6.07) is 10.8. The summed E-state index contributed by atoms with van der Waals surface area (Å²) in [6.07, 6.45) is 0. The van der Waals surface area contributed by atoms with Gasteiger partial charge in [0.1, 0.15) is 17.1 Å². The third kappa shape index (κ3) is 3.55. The molecule has 0 saturated carbocycles. The Bertz CT molecular complexity index is 1000. The molecule has 5 nitrogen and oxygen atoms in total. The van der Waals surface area contributed by atoms with Crippen LogP contribution in [0.3, 0.4) is 0 Å². The lowest BCUT2D eigenvalue weighted by Crippen LogP contribution is -2.22. The second-order valence-electron chi connectivity index (χ2n) is 6.52. The Morgan fingerprint density at radius 2 is 1.74 bits per heavy atom. The molecule has 0 radical (unpaired) electrons. The predicted octanol–water partition coefficient (Wildman–Crippen LogP) is 4.32. The average Bonchev–Trinajstić information content (AvgIpc) is 2.68. The summed E-state index contributed by atoms with van der Waals surface area (Å²) in [7, 11) is 1.61. The third-order valence-electron chi connectivity index (χ3n) is 5.07. The maximum absolute atomic E-state index is 12.8. The van der Waals surface area contributed by atoms with Gasteiger partial charge < -0.3 is 14.3 Å². The van der Waals surface area contributed by atoms with Crippen molar-refractivity contribution in [1.82, 2.24) is 4.90 Å². The standard InChI is InChI=1S/C22H25NO4/c1-5-23(6-2)13-18-19(24)12-11-17-14(3)20(22(25)27-21(17)18)15-7-9-16(26-4)10-8-15/h7-12,24H,5-6,13H2,1-4H3. The Morgan fingerprint density at radius 3 is 2.33 bits per heavy atom. The van der Waals surface area contributed by atoms with Crippen LogP contribution < -0.4 is 10.4 Å². The number of methoxy groups -OCH3 is 1. The number of hydrogen-bond acceptors (Lipinski definition) is 5. The molecule has 0 aliphatic carbocycles. The molecule has 5 heteroatoms. The molecule has 0 aliphatic rings. The van der Waals surface area contributed by atoms with Crippen molar-refractivity contribution < 1.29 is 14.3 Å². The fourth-order valence-corrected chi connectivity index (χ4v) is 3.38. The molecule has 142 valence electrons. The first kappa shape index (κ1) is 19.0. The quantitative estimate of drug-likeness (QED) is 0.657. The predicted molar refractivity (Wildman–Crippen MR) is 107 cm³/mol. The van der Waals surface area contributed by atoms with Gasteiger partial charge in [-0.15, -0.1) is 0 Å². The zero-order valence-electron chi connectivity index (χ0n) is 16.2. The van der Waals surface area contributed by atoms with E-state index in [2.05, 4.69) is 18.7 Å². The zero-order valence-corrected chi connectivity index (χ0v) is 16.2. The second kappa shape index (κ2) is 7.84. The molecule has 1 heterocycles. The minimum atomic E-state index is -0.406. The lowest BCUT2D eigenvalue weighted by Gasteiger charge is -2.20. The van der Waals surface area contributed by atoms with Gasteiger partial charge in [0, 0.05) is 11.9 Å². The summed E-state index contributed by atoms with van der Waals surface area (Å²) in [5.41, 5.74) is 2.86. The van der Waals surface area contributed by atoms with Crippen molar-refractivity contribution in [3.63, 3.8) is 0 Å². The topological polar surface area (TPSA) is 62.9 Å². The fraction of sp³-hybridized carbons (Fsp3) is 0.318. The summed E-state index contributed by atoms with van der Waals surface area (Å²) in [6.45, 7) is 8.26. The lowest BCUT2D eigenvalue weighted by atomic mass is 9.97. The Balaban J connectivity index is 2.20. The monoisotopic (exact) mass is 367 g/mol. The van der Waals surface area contributed by atoms with E-state index in [9.17, 15) is 9.90 Å². The molecule has 0 saturated heterocycles. The van der Waals surface area contributed by atoms with Gasteiger partial charge in [-0.25, -0.2) is 4.79 Å². The maximum atomic E-state index is 12.8. The first-order chi connectivity index (χ1) is 13.0. The summed E-state index contributed by atoms with van der Waals surface area (Å²) in [5.74, 6) is 0.877. The molecule has 3 aromatic rings. The molecule has 0 aliphatic heterocycles. The molecule has 0 atom stereocenters. The van der Waals surface area contributed by atoms with Crippen LogP contribution in [0.25, 0.3) is 22.1 Å². The highest BCUT2D eigenvalue weighted by Crippen LogP contribution is 2.33. The van der Waals surface area contributed by atoms with Gasteiger partial charge in [-0.1, -0.05) is 26.0 Å². The van der Waals surface area contributed by atoms with Crippen LogP contribution in [0.5, 0.6) is 11.5 Å². The molecule has 3 rings (SSSR count). The molecule has 0 amide bonds. The van der Waals surface area contributed by atoms with Gasteiger partial charge in [0.25, 0.3) is 0 Å². The van der Waals surface area contributed by atoms with Gasteiger partial charge in [-0.3, -0.25) is 4.90 Å². The summed E-state index contributed by atoms with van der Waals surface area (Å²) in [4.78, 5) is 15.0. The van der Waals surface area contributed by atoms with Crippen LogP contribution in [-0.4, -0.2) is 30.2 Å². The molecular formula is C22H25NO4. The minimum absolute atomic E-state index is 0.147.